The number of hydrogen-bond donors (Lipinski definition) is 1. The largest absolute Gasteiger partial charge is 0.768 e. The van der Waals surface area contributed by atoms with Crippen LogP contribution in [0.15, 0.2) is 51.5 Å². The fraction of sp³-hybridized carbons (Fsp3) is 0. The van der Waals surface area contributed by atoms with E-state index in [2.05, 4.69) is 10.2 Å². The predicted molar refractivity (Wildman–Crippen MR) is 75.9 cm³/mol. The third-order valence-corrected chi connectivity index (χ3v) is 3.86. The highest BCUT2D eigenvalue weighted by Gasteiger charge is 2.08. The molecule has 0 spiro atoms. The Labute approximate surface area is 127 Å². The topological polar surface area (TPSA) is 85.1 Å². The lowest BCUT2D eigenvalue weighted by atomic mass is 10.3. The molecule has 5 nitrogen and oxygen atoms in total. The Hall–Kier alpha value is -1.47. The molecule has 0 aliphatic heterocycles. The fourth-order valence-electron chi connectivity index (χ4n) is 1.34. The van der Waals surface area contributed by atoms with Crippen LogP contribution in [-0.2, 0) is 11.1 Å². The second-order valence-corrected chi connectivity index (χ2v) is 5.36. The van der Waals surface area contributed by atoms with Crippen molar-refractivity contribution < 1.29 is 13.9 Å². The Bertz CT molecular complexity index is 690. The van der Waals surface area contributed by atoms with Crippen LogP contribution in [0.3, 0.4) is 0 Å². The SMILES string of the molecule is O=S([O-])c1ccc(N=Nc2ccc(O)c(Cl)c2Cl)cc1. The van der Waals surface area contributed by atoms with Gasteiger partial charge in [-0.05, 0) is 47.5 Å². The molecule has 0 saturated carbocycles. The van der Waals surface area contributed by atoms with Crippen molar-refractivity contribution >= 4 is 45.7 Å². The van der Waals surface area contributed by atoms with Gasteiger partial charge in [-0.15, -0.1) is 5.11 Å². The zero-order valence-electron chi connectivity index (χ0n) is 9.79. The van der Waals surface area contributed by atoms with Crippen LogP contribution in [0.2, 0.25) is 10.0 Å². The maximum atomic E-state index is 10.7. The summed E-state index contributed by atoms with van der Waals surface area (Å²) in [6, 6.07) is 8.64. The van der Waals surface area contributed by atoms with Gasteiger partial charge in [-0.25, -0.2) is 0 Å². The van der Waals surface area contributed by atoms with E-state index in [9.17, 15) is 13.9 Å². The van der Waals surface area contributed by atoms with E-state index in [0.29, 0.717) is 11.4 Å². The molecule has 20 heavy (non-hydrogen) atoms. The average Bonchev–Trinajstić information content (AvgIpc) is 2.44. The van der Waals surface area contributed by atoms with Gasteiger partial charge in [-0.3, -0.25) is 4.21 Å². The van der Waals surface area contributed by atoms with Crippen molar-refractivity contribution in [3.63, 3.8) is 0 Å². The molecule has 0 radical (unpaired) electrons. The maximum absolute atomic E-state index is 10.7. The quantitative estimate of drug-likeness (QED) is 0.670. The van der Waals surface area contributed by atoms with E-state index in [0.717, 1.165) is 0 Å². The zero-order chi connectivity index (χ0) is 14.7. The Kier molecular flexibility index (Phi) is 4.72. The van der Waals surface area contributed by atoms with E-state index in [1.807, 2.05) is 0 Å². The highest BCUT2D eigenvalue weighted by molar-refractivity contribution is 7.79. The van der Waals surface area contributed by atoms with E-state index in [-0.39, 0.29) is 20.7 Å². The second-order valence-electron chi connectivity index (χ2n) is 3.66. The van der Waals surface area contributed by atoms with Gasteiger partial charge in [0.2, 0.25) is 0 Å². The van der Waals surface area contributed by atoms with Crippen LogP contribution in [0.1, 0.15) is 0 Å². The van der Waals surface area contributed by atoms with Gasteiger partial charge in [0.1, 0.15) is 16.5 Å². The second kappa shape index (κ2) is 6.32. The van der Waals surface area contributed by atoms with Crippen molar-refractivity contribution in [3.8, 4) is 5.75 Å². The molecule has 104 valence electrons. The lowest BCUT2D eigenvalue weighted by Crippen LogP contribution is -1.86. The van der Waals surface area contributed by atoms with Crippen LogP contribution in [0.4, 0.5) is 11.4 Å². The van der Waals surface area contributed by atoms with Gasteiger partial charge in [-0.1, -0.05) is 23.2 Å². The van der Waals surface area contributed by atoms with E-state index in [1.54, 1.807) is 0 Å². The van der Waals surface area contributed by atoms with Crippen molar-refractivity contribution in [2.24, 2.45) is 10.2 Å². The molecule has 0 amide bonds. The van der Waals surface area contributed by atoms with Gasteiger partial charge in [0.25, 0.3) is 0 Å². The summed E-state index contributed by atoms with van der Waals surface area (Å²) in [5.41, 5.74) is 0.755. The molecule has 8 heteroatoms. The molecule has 0 aliphatic rings. The highest BCUT2D eigenvalue weighted by Crippen LogP contribution is 2.38. The number of hydrogen-bond acceptors (Lipinski definition) is 5. The van der Waals surface area contributed by atoms with Gasteiger partial charge < -0.3 is 9.66 Å². The number of azo groups is 1. The molecule has 2 aromatic rings. The number of phenols is 1. The summed E-state index contributed by atoms with van der Waals surface area (Å²) in [5, 5.41) is 17.2. The Morgan fingerprint density at radius 2 is 1.65 bits per heavy atom. The van der Waals surface area contributed by atoms with Crippen LogP contribution < -0.4 is 0 Å². The van der Waals surface area contributed by atoms with Crippen molar-refractivity contribution in [1.29, 1.82) is 0 Å². The number of benzene rings is 2. The molecule has 1 atom stereocenters. The molecule has 2 rings (SSSR count). The first-order valence-corrected chi connectivity index (χ1v) is 7.10. The van der Waals surface area contributed by atoms with Gasteiger partial charge in [0, 0.05) is 4.90 Å². The van der Waals surface area contributed by atoms with E-state index in [1.165, 1.54) is 36.4 Å². The third kappa shape index (κ3) is 3.34. The van der Waals surface area contributed by atoms with Crippen LogP contribution in [-0.4, -0.2) is 13.9 Å². The molecule has 0 aromatic heterocycles. The number of phenolic OH excluding ortho intramolecular Hbond substituents is 1. The summed E-state index contributed by atoms with van der Waals surface area (Å²) in [6.07, 6.45) is 0. The molecule has 0 fully saturated rings. The molecule has 0 saturated heterocycles. The summed E-state index contributed by atoms with van der Waals surface area (Å²) >= 11 is 9.40. The summed E-state index contributed by atoms with van der Waals surface area (Å²) in [4.78, 5) is 0.162. The molecule has 0 bridgehead atoms. The Balaban J connectivity index is 2.25. The molecule has 0 heterocycles. The minimum Gasteiger partial charge on any atom is -0.768 e. The summed E-state index contributed by atoms with van der Waals surface area (Å²) in [5.74, 6) is -0.141. The summed E-state index contributed by atoms with van der Waals surface area (Å²) in [6.45, 7) is 0. The monoisotopic (exact) mass is 329 g/mol. The minimum atomic E-state index is -2.28. The summed E-state index contributed by atoms with van der Waals surface area (Å²) < 4.78 is 21.4. The molecule has 1 N–H and O–H groups in total. The third-order valence-electron chi connectivity index (χ3n) is 2.34. The van der Waals surface area contributed by atoms with Gasteiger partial charge in [-0.2, -0.15) is 5.11 Å². The Morgan fingerprint density at radius 1 is 1.00 bits per heavy atom. The smallest absolute Gasteiger partial charge is 0.135 e. The first kappa shape index (κ1) is 14.9. The first-order valence-electron chi connectivity index (χ1n) is 5.27. The van der Waals surface area contributed by atoms with Crippen LogP contribution in [0.25, 0.3) is 0 Å². The number of halogens is 2. The molecular weight excluding hydrogens is 323 g/mol. The number of nitrogens with zero attached hydrogens (tertiary/aromatic N) is 2. The normalized spacial score (nSPS) is 12.8. The lowest BCUT2D eigenvalue weighted by Gasteiger charge is -2.04. The van der Waals surface area contributed by atoms with Gasteiger partial charge in [0.05, 0.1) is 10.7 Å². The van der Waals surface area contributed by atoms with Crippen LogP contribution >= 0.6 is 23.2 Å². The molecule has 2 aromatic carbocycles. The molecule has 0 aliphatic carbocycles. The predicted octanol–water partition coefficient (Wildman–Crippen LogP) is 4.35. The van der Waals surface area contributed by atoms with E-state index in [4.69, 9.17) is 23.2 Å². The summed E-state index contributed by atoms with van der Waals surface area (Å²) in [7, 11) is 0. The molecular formula is C12H7Cl2N2O3S-. The average molecular weight is 330 g/mol. The van der Waals surface area contributed by atoms with E-state index < -0.39 is 11.1 Å². The number of rotatable bonds is 3. The van der Waals surface area contributed by atoms with Crippen LogP contribution in [0.5, 0.6) is 5.75 Å². The maximum Gasteiger partial charge on any atom is 0.135 e. The van der Waals surface area contributed by atoms with Gasteiger partial charge in [0.15, 0.2) is 0 Å². The van der Waals surface area contributed by atoms with Crippen molar-refractivity contribution in [2.45, 2.75) is 4.90 Å². The van der Waals surface area contributed by atoms with Crippen molar-refractivity contribution in [2.75, 3.05) is 0 Å². The first-order chi connectivity index (χ1) is 9.49. The Morgan fingerprint density at radius 3 is 2.25 bits per heavy atom. The van der Waals surface area contributed by atoms with E-state index >= 15 is 0 Å². The number of aromatic hydroxyl groups is 1. The standard InChI is InChI=1S/C12H8Cl2N2O3S/c13-11-9(5-6-10(17)12(11)14)16-15-7-1-3-8(4-2-7)20(18)19/h1-6,17H,(H,18,19)/p-1. The van der Waals surface area contributed by atoms with Crippen molar-refractivity contribution in [1.82, 2.24) is 0 Å². The fourth-order valence-corrected chi connectivity index (χ4v) is 2.06. The van der Waals surface area contributed by atoms with Crippen molar-refractivity contribution in [3.05, 3.63) is 46.4 Å². The van der Waals surface area contributed by atoms with Gasteiger partial charge >= 0.3 is 0 Å². The highest BCUT2D eigenvalue weighted by atomic mass is 35.5. The minimum absolute atomic E-state index is 0.000200. The lowest BCUT2D eigenvalue weighted by molar-refractivity contribution is 0.475. The zero-order valence-corrected chi connectivity index (χ0v) is 12.1. The van der Waals surface area contributed by atoms with Crippen LogP contribution in [0, 0.1) is 0 Å². The molecule has 1 unspecified atom stereocenters.